The molecule has 0 aliphatic heterocycles. The van der Waals surface area contributed by atoms with E-state index in [1.54, 1.807) is 0 Å². The van der Waals surface area contributed by atoms with E-state index in [2.05, 4.69) is 30.2 Å². The minimum Gasteiger partial charge on any atom is -0.489 e. The van der Waals surface area contributed by atoms with Crippen LogP contribution in [0.3, 0.4) is 0 Å². The number of aromatic nitrogens is 1. The van der Waals surface area contributed by atoms with Gasteiger partial charge in [0.25, 0.3) is 0 Å². The topological polar surface area (TPSA) is 34.1 Å². The lowest BCUT2D eigenvalue weighted by atomic mass is 9.76. The van der Waals surface area contributed by atoms with Crippen molar-refractivity contribution in [3.8, 4) is 5.75 Å². The van der Waals surface area contributed by atoms with Gasteiger partial charge in [-0.2, -0.15) is 0 Å². The van der Waals surface area contributed by atoms with E-state index in [-0.39, 0.29) is 6.10 Å². The molecule has 116 valence electrons. The van der Waals surface area contributed by atoms with Gasteiger partial charge in [-0.1, -0.05) is 12.8 Å². The number of nitrogens with one attached hydrogen (secondary N) is 1. The van der Waals surface area contributed by atoms with Gasteiger partial charge in [0.1, 0.15) is 5.75 Å². The molecule has 0 aromatic carbocycles. The summed E-state index contributed by atoms with van der Waals surface area (Å²) in [5, 5.41) is 3.72. The van der Waals surface area contributed by atoms with E-state index in [4.69, 9.17) is 4.74 Å². The number of hydrogen-bond donors (Lipinski definition) is 1. The zero-order valence-electron chi connectivity index (χ0n) is 13.3. The molecule has 0 saturated heterocycles. The first-order chi connectivity index (χ1) is 10.2. The smallest absolute Gasteiger partial charge is 0.138 e. The van der Waals surface area contributed by atoms with Crippen molar-refractivity contribution in [2.75, 3.05) is 6.54 Å². The van der Waals surface area contributed by atoms with Crippen LogP contribution in [0.5, 0.6) is 5.75 Å². The molecule has 0 spiro atoms. The highest BCUT2D eigenvalue weighted by atomic mass is 16.5. The van der Waals surface area contributed by atoms with Gasteiger partial charge in [0.15, 0.2) is 0 Å². The Hall–Kier alpha value is -1.09. The molecule has 0 radical (unpaired) electrons. The van der Waals surface area contributed by atoms with Crippen LogP contribution >= 0.6 is 0 Å². The zero-order valence-corrected chi connectivity index (χ0v) is 13.3. The molecule has 2 aliphatic rings. The molecule has 1 aromatic rings. The molecular formula is C18H28N2O. The summed E-state index contributed by atoms with van der Waals surface area (Å²) in [6, 6.07) is 3.02. The molecule has 2 fully saturated rings. The Morgan fingerprint density at radius 3 is 2.76 bits per heavy atom. The normalized spacial score (nSPS) is 26.0. The first-order valence-electron chi connectivity index (χ1n) is 8.57. The van der Waals surface area contributed by atoms with E-state index >= 15 is 0 Å². The maximum atomic E-state index is 5.81. The maximum absolute atomic E-state index is 5.81. The Bertz CT molecular complexity index is 456. The van der Waals surface area contributed by atoms with Crippen LogP contribution in [-0.2, 0) is 0 Å². The zero-order chi connectivity index (χ0) is 14.7. The highest BCUT2D eigenvalue weighted by molar-refractivity contribution is 5.27. The minimum absolute atomic E-state index is 0.209. The van der Waals surface area contributed by atoms with Gasteiger partial charge >= 0.3 is 0 Å². The van der Waals surface area contributed by atoms with Gasteiger partial charge in [-0.15, -0.1) is 0 Å². The maximum Gasteiger partial charge on any atom is 0.138 e. The predicted molar refractivity (Wildman–Crippen MR) is 85.7 cm³/mol. The number of ether oxygens (including phenoxy) is 1. The molecule has 2 atom stereocenters. The molecule has 2 saturated carbocycles. The molecule has 3 rings (SSSR count). The van der Waals surface area contributed by atoms with Crippen molar-refractivity contribution >= 4 is 0 Å². The molecule has 2 unspecified atom stereocenters. The van der Waals surface area contributed by atoms with Gasteiger partial charge < -0.3 is 10.1 Å². The first kappa shape index (κ1) is 14.8. The van der Waals surface area contributed by atoms with Gasteiger partial charge in [0.05, 0.1) is 12.3 Å². The number of pyridine rings is 1. The molecule has 1 N–H and O–H groups in total. The third kappa shape index (κ3) is 4.19. The Morgan fingerprint density at radius 1 is 1.19 bits per heavy atom. The Kier molecular flexibility index (Phi) is 4.79. The molecule has 3 heteroatoms. The number of hydrogen-bond acceptors (Lipinski definition) is 3. The average Bonchev–Trinajstić information content (AvgIpc) is 3.29. The van der Waals surface area contributed by atoms with Crippen LogP contribution in [0.25, 0.3) is 0 Å². The van der Waals surface area contributed by atoms with Gasteiger partial charge in [0, 0.05) is 12.2 Å². The molecule has 21 heavy (non-hydrogen) atoms. The summed E-state index contributed by atoms with van der Waals surface area (Å²) in [4.78, 5) is 4.41. The first-order valence-corrected chi connectivity index (χ1v) is 8.57. The predicted octanol–water partition coefficient (Wildman–Crippen LogP) is 3.89. The summed E-state index contributed by atoms with van der Waals surface area (Å²) >= 11 is 0. The van der Waals surface area contributed by atoms with Crippen LogP contribution in [0.1, 0.15) is 63.9 Å². The highest BCUT2D eigenvalue weighted by Gasteiger charge is 2.29. The average molecular weight is 288 g/mol. The monoisotopic (exact) mass is 288 g/mol. The number of rotatable bonds is 6. The SMILES string of the molecule is CC(C)Oc1cncc(C2CCCCC2CNC2CC2)c1. The standard InChI is InChI=1S/C18H28N2O/c1-13(2)21-17-9-15(10-19-12-17)18-6-4-3-5-14(18)11-20-16-7-8-16/h9-10,12-14,16,18,20H,3-8,11H2,1-2H3. The van der Waals surface area contributed by atoms with E-state index in [0.717, 1.165) is 17.7 Å². The Balaban J connectivity index is 1.69. The van der Waals surface area contributed by atoms with Crippen LogP contribution in [0.2, 0.25) is 0 Å². The summed E-state index contributed by atoms with van der Waals surface area (Å²) in [6.45, 7) is 5.30. The largest absolute Gasteiger partial charge is 0.489 e. The van der Waals surface area contributed by atoms with Gasteiger partial charge in [-0.3, -0.25) is 4.98 Å². The fourth-order valence-corrected chi connectivity index (χ4v) is 3.47. The third-order valence-corrected chi connectivity index (χ3v) is 4.69. The second-order valence-electron chi connectivity index (χ2n) is 6.95. The van der Waals surface area contributed by atoms with Crippen molar-refractivity contribution in [1.29, 1.82) is 0 Å². The van der Waals surface area contributed by atoms with Gasteiger partial charge in [-0.25, -0.2) is 0 Å². The van der Waals surface area contributed by atoms with E-state index in [0.29, 0.717) is 5.92 Å². The summed E-state index contributed by atoms with van der Waals surface area (Å²) in [6.07, 6.45) is 12.2. The lowest BCUT2D eigenvalue weighted by molar-refractivity contribution is 0.240. The molecule has 0 amide bonds. The Labute approximate surface area is 128 Å². The van der Waals surface area contributed by atoms with Gasteiger partial charge in [-0.05, 0) is 69.5 Å². The van der Waals surface area contributed by atoms with Crippen LogP contribution in [0, 0.1) is 5.92 Å². The van der Waals surface area contributed by atoms with Crippen LogP contribution in [0.15, 0.2) is 18.5 Å². The molecule has 0 bridgehead atoms. The second kappa shape index (κ2) is 6.78. The third-order valence-electron chi connectivity index (χ3n) is 4.69. The highest BCUT2D eigenvalue weighted by Crippen LogP contribution is 2.38. The van der Waals surface area contributed by atoms with E-state index in [1.807, 2.05) is 12.4 Å². The van der Waals surface area contributed by atoms with Crippen LogP contribution in [-0.4, -0.2) is 23.7 Å². The fourth-order valence-electron chi connectivity index (χ4n) is 3.47. The van der Waals surface area contributed by atoms with E-state index < -0.39 is 0 Å². The molecule has 2 aliphatic carbocycles. The summed E-state index contributed by atoms with van der Waals surface area (Å²) in [5.74, 6) is 2.32. The lowest BCUT2D eigenvalue weighted by Gasteiger charge is -2.32. The van der Waals surface area contributed by atoms with Crippen LogP contribution < -0.4 is 10.1 Å². The molecule has 3 nitrogen and oxygen atoms in total. The van der Waals surface area contributed by atoms with Crippen molar-refractivity contribution in [3.05, 3.63) is 24.0 Å². The molecule has 1 aromatic heterocycles. The summed E-state index contributed by atoms with van der Waals surface area (Å²) in [7, 11) is 0. The van der Waals surface area contributed by atoms with Crippen molar-refractivity contribution in [2.45, 2.75) is 70.4 Å². The van der Waals surface area contributed by atoms with Crippen LogP contribution in [0.4, 0.5) is 0 Å². The van der Waals surface area contributed by atoms with Crippen molar-refractivity contribution < 1.29 is 4.74 Å². The second-order valence-corrected chi connectivity index (χ2v) is 6.95. The summed E-state index contributed by atoms with van der Waals surface area (Å²) < 4.78 is 5.81. The van der Waals surface area contributed by atoms with E-state index in [9.17, 15) is 0 Å². The van der Waals surface area contributed by atoms with Gasteiger partial charge in [0.2, 0.25) is 0 Å². The van der Waals surface area contributed by atoms with Crippen molar-refractivity contribution in [1.82, 2.24) is 10.3 Å². The minimum atomic E-state index is 0.209. The fraction of sp³-hybridized carbons (Fsp3) is 0.722. The quantitative estimate of drug-likeness (QED) is 0.862. The summed E-state index contributed by atoms with van der Waals surface area (Å²) in [5.41, 5.74) is 1.37. The Morgan fingerprint density at radius 2 is 2.00 bits per heavy atom. The van der Waals surface area contributed by atoms with Crippen molar-refractivity contribution in [3.63, 3.8) is 0 Å². The van der Waals surface area contributed by atoms with E-state index in [1.165, 1.54) is 50.6 Å². The molecule has 1 heterocycles. The lowest BCUT2D eigenvalue weighted by Crippen LogP contribution is -2.30. The number of nitrogens with zero attached hydrogens (tertiary/aromatic N) is 1. The molecular weight excluding hydrogens is 260 g/mol. The van der Waals surface area contributed by atoms with Crippen molar-refractivity contribution in [2.24, 2.45) is 5.92 Å².